The molecule has 4 N–H and O–H groups in total. The van der Waals surface area contributed by atoms with E-state index in [2.05, 4.69) is 26.2 Å². The van der Waals surface area contributed by atoms with E-state index >= 15 is 0 Å². The number of amides is 1. The summed E-state index contributed by atoms with van der Waals surface area (Å²) < 4.78 is 0.610. The van der Waals surface area contributed by atoms with Crippen LogP contribution in [0, 0.1) is 0 Å². The molecule has 0 fully saturated rings. The lowest BCUT2D eigenvalue weighted by molar-refractivity contribution is -0.139. The maximum absolute atomic E-state index is 12.4. The molecule has 1 heterocycles. The Morgan fingerprint density at radius 3 is 2.72 bits per heavy atom. The number of aromatic hydroxyl groups is 1. The number of carbonyl (C=O) groups is 2. The van der Waals surface area contributed by atoms with Gasteiger partial charge in [0.1, 0.15) is 11.8 Å². The topological polar surface area (TPSA) is 102 Å². The van der Waals surface area contributed by atoms with Gasteiger partial charge in [0.05, 0.1) is 5.56 Å². The molecule has 0 spiro atoms. The summed E-state index contributed by atoms with van der Waals surface area (Å²) in [6.07, 6.45) is 1.86. The van der Waals surface area contributed by atoms with Gasteiger partial charge in [0, 0.05) is 28.0 Å². The second-order valence-electron chi connectivity index (χ2n) is 5.59. The molecule has 128 valence electrons. The lowest BCUT2D eigenvalue weighted by Crippen LogP contribution is -2.42. The van der Waals surface area contributed by atoms with Gasteiger partial charge in [-0.15, -0.1) is 0 Å². The smallest absolute Gasteiger partial charge is 0.326 e. The monoisotopic (exact) mass is 402 g/mol. The summed E-state index contributed by atoms with van der Waals surface area (Å²) >= 11 is 3.22. The molecule has 0 radical (unpaired) electrons. The third-order valence-electron chi connectivity index (χ3n) is 3.91. The molecule has 1 atom stereocenters. The summed E-state index contributed by atoms with van der Waals surface area (Å²) in [5, 5.41) is 22.7. The van der Waals surface area contributed by atoms with Crippen molar-refractivity contribution in [1.82, 2.24) is 10.3 Å². The molecular formula is C18H15BrN2O4. The van der Waals surface area contributed by atoms with E-state index in [0.29, 0.717) is 4.47 Å². The van der Waals surface area contributed by atoms with E-state index in [0.717, 1.165) is 16.5 Å². The van der Waals surface area contributed by atoms with Crippen LogP contribution in [0.1, 0.15) is 15.9 Å². The van der Waals surface area contributed by atoms with Crippen molar-refractivity contribution in [2.45, 2.75) is 12.5 Å². The summed E-state index contributed by atoms with van der Waals surface area (Å²) in [5.41, 5.74) is 1.71. The molecule has 1 aromatic heterocycles. The number of phenolic OH excluding ortho intramolecular Hbond substituents is 1. The number of aromatic nitrogens is 1. The van der Waals surface area contributed by atoms with Crippen LogP contribution in [-0.2, 0) is 11.2 Å². The fourth-order valence-electron chi connectivity index (χ4n) is 2.65. The van der Waals surface area contributed by atoms with Crippen molar-refractivity contribution in [3.8, 4) is 5.75 Å². The van der Waals surface area contributed by atoms with Gasteiger partial charge in [0.25, 0.3) is 5.91 Å². The second kappa shape index (κ2) is 6.98. The van der Waals surface area contributed by atoms with E-state index in [4.69, 9.17) is 0 Å². The Bertz CT molecular complexity index is 951. The van der Waals surface area contributed by atoms with Crippen molar-refractivity contribution in [3.05, 3.63) is 64.3 Å². The molecule has 0 aliphatic rings. The number of carboxylic acids is 1. The number of nitrogens with one attached hydrogen (secondary N) is 2. The number of rotatable bonds is 5. The van der Waals surface area contributed by atoms with Crippen molar-refractivity contribution in [1.29, 1.82) is 0 Å². The van der Waals surface area contributed by atoms with Gasteiger partial charge in [-0.2, -0.15) is 0 Å². The lowest BCUT2D eigenvalue weighted by Gasteiger charge is -2.15. The number of hydrogen-bond acceptors (Lipinski definition) is 3. The summed E-state index contributed by atoms with van der Waals surface area (Å²) in [6.45, 7) is 0. The fourth-order valence-corrected chi connectivity index (χ4v) is 3.01. The molecule has 1 amide bonds. The summed E-state index contributed by atoms with van der Waals surface area (Å²) in [5.74, 6) is -2.00. The zero-order valence-corrected chi connectivity index (χ0v) is 14.6. The first-order valence-corrected chi connectivity index (χ1v) is 8.32. The van der Waals surface area contributed by atoms with E-state index in [1.165, 1.54) is 12.1 Å². The van der Waals surface area contributed by atoms with Gasteiger partial charge < -0.3 is 20.5 Å². The van der Waals surface area contributed by atoms with E-state index < -0.39 is 17.9 Å². The summed E-state index contributed by atoms with van der Waals surface area (Å²) in [7, 11) is 0. The Labute approximate surface area is 151 Å². The zero-order chi connectivity index (χ0) is 18.0. The average Bonchev–Trinajstić information content (AvgIpc) is 2.99. The number of carbonyl (C=O) groups excluding carboxylic acids is 1. The van der Waals surface area contributed by atoms with Crippen molar-refractivity contribution in [2.75, 3.05) is 0 Å². The predicted octanol–water partition coefficient (Wildman–Crippen LogP) is 3.06. The molecule has 3 rings (SSSR count). The summed E-state index contributed by atoms with van der Waals surface area (Å²) in [4.78, 5) is 27.0. The van der Waals surface area contributed by atoms with Crippen LogP contribution in [0.15, 0.2) is 53.1 Å². The van der Waals surface area contributed by atoms with E-state index in [-0.39, 0.29) is 17.7 Å². The van der Waals surface area contributed by atoms with Crippen LogP contribution >= 0.6 is 15.9 Å². The Hall–Kier alpha value is -2.80. The van der Waals surface area contributed by atoms with Crippen molar-refractivity contribution < 1.29 is 19.8 Å². The first kappa shape index (κ1) is 17.0. The molecule has 0 aliphatic carbocycles. The molecule has 3 aromatic rings. The van der Waals surface area contributed by atoms with Gasteiger partial charge in [0.2, 0.25) is 0 Å². The van der Waals surface area contributed by atoms with Gasteiger partial charge in [0.15, 0.2) is 0 Å². The van der Waals surface area contributed by atoms with Crippen LogP contribution in [0.25, 0.3) is 10.9 Å². The van der Waals surface area contributed by atoms with Crippen LogP contribution in [0.3, 0.4) is 0 Å². The molecule has 2 aromatic carbocycles. The van der Waals surface area contributed by atoms with Crippen molar-refractivity contribution >= 4 is 38.7 Å². The Morgan fingerprint density at radius 2 is 1.96 bits per heavy atom. The molecule has 0 aliphatic heterocycles. The molecule has 25 heavy (non-hydrogen) atoms. The SMILES string of the molecule is O=C(N[C@@H](Cc1c[nH]c2ccccc12)C(=O)O)c1cc(Br)ccc1O. The van der Waals surface area contributed by atoms with Gasteiger partial charge in [-0.3, -0.25) is 4.79 Å². The highest BCUT2D eigenvalue weighted by molar-refractivity contribution is 9.10. The number of aliphatic carboxylic acids is 1. The molecule has 7 heteroatoms. The molecule has 0 saturated carbocycles. The van der Waals surface area contributed by atoms with Crippen molar-refractivity contribution in [2.24, 2.45) is 0 Å². The third-order valence-corrected chi connectivity index (χ3v) is 4.40. The number of halogens is 1. The summed E-state index contributed by atoms with van der Waals surface area (Å²) in [6, 6.07) is 10.8. The zero-order valence-electron chi connectivity index (χ0n) is 13.0. The molecule has 6 nitrogen and oxygen atoms in total. The number of fused-ring (bicyclic) bond motifs is 1. The second-order valence-corrected chi connectivity index (χ2v) is 6.51. The highest BCUT2D eigenvalue weighted by Crippen LogP contribution is 2.23. The van der Waals surface area contributed by atoms with Gasteiger partial charge in [-0.25, -0.2) is 4.79 Å². The minimum absolute atomic E-state index is 0.0135. The fraction of sp³-hybridized carbons (Fsp3) is 0.111. The lowest BCUT2D eigenvalue weighted by atomic mass is 10.0. The number of benzene rings is 2. The van der Waals surface area contributed by atoms with Crippen LogP contribution in [0.5, 0.6) is 5.75 Å². The average molecular weight is 403 g/mol. The first-order valence-electron chi connectivity index (χ1n) is 7.53. The highest BCUT2D eigenvalue weighted by Gasteiger charge is 2.23. The third kappa shape index (κ3) is 3.66. The van der Waals surface area contributed by atoms with Crippen LogP contribution in [0.2, 0.25) is 0 Å². The minimum atomic E-state index is -1.15. The van der Waals surface area contributed by atoms with Crippen LogP contribution in [0.4, 0.5) is 0 Å². The first-order chi connectivity index (χ1) is 12.0. The van der Waals surface area contributed by atoms with Crippen molar-refractivity contribution in [3.63, 3.8) is 0 Å². The number of phenols is 1. The highest BCUT2D eigenvalue weighted by atomic mass is 79.9. The van der Waals surface area contributed by atoms with E-state index in [1.807, 2.05) is 24.3 Å². The van der Waals surface area contributed by atoms with Crippen LogP contribution in [-0.4, -0.2) is 33.1 Å². The van der Waals surface area contributed by atoms with E-state index in [1.54, 1.807) is 12.3 Å². The predicted molar refractivity (Wildman–Crippen MR) is 96.7 cm³/mol. The van der Waals surface area contributed by atoms with Gasteiger partial charge in [-0.1, -0.05) is 34.1 Å². The number of aromatic amines is 1. The largest absolute Gasteiger partial charge is 0.507 e. The van der Waals surface area contributed by atoms with E-state index in [9.17, 15) is 19.8 Å². The number of para-hydroxylation sites is 1. The molecule has 0 saturated heterocycles. The Morgan fingerprint density at radius 1 is 1.20 bits per heavy atom. The maximum atomic E-state index is 12.4. The molecule has 0 unspecified atom stereocenters. The number of H-pyrrole nitrogens is 1. The normalized spacial score (nSPS) is 12.0. The van der Waals surface area contributed by atoms with Gasteiger partial charge in [-0.05, 0) is 29.8 Å². The Balaban J connectivity index is 1.83. The molecule has 0 bridgehead atoms. The minimum Gasteiger partial charge on any atom is -0.507 e. The standard InChI is InChI=1S/C18H15BrN2O4/c19-11-5-6-16(22)13(8-11)17(23)21-15(18(24)25)7-10-9-20-14-4-2-1-3-12(10)14/h1-6,8-9,15,20,22H,7H2,(H,21,23)(H,24,25)/t15-/m0/s1. The maximum Gasteiger partial charge on any atom is 0.326 e. The number of carboxylic acid groups (broad SMARTS) is 1. The quantitative estimate of drug-likeness (QED) is 0.526. The van der Waals surface area contributed by atoms with Gasteiger partial charge >= 0.3 is 5.97 Å². The van der Waals surface area contributed by atoms with Crippen LogP contribution < -0.4 is 5.32 Å². The molecular weight excluding hydrogens is 388 g/mol. The Kier molecular flexibility index (Phi) is 4.76. The number of hydrogen-bond donors (Lipinski definition) is 4.